The van der Waals surface area contributed by atoms with Gasteiger partial charge < -0.3 is 9.47 Å². The maximum absolute atomic E-state index is 13.3. The van der Waals surface area contributed by atoms with Gasteiger partial charge in [0.1, 0.15) is 0 Å². The number of imide groups is 1. The van der Waals surface area contributed by atoms with Gasteiger partial charge in [0.05, 0.1) is 41.9 Å². The van der Waals surface area contributed by atoms with Crippen molar-refractivity contribution < 1.29 is 23.9 Å². The molecule has 1 aliphatic carbocycles. The van der Waals surface area contributed by atoms with E-state index in [0.717, 1.165) is 19.3 Å². The van der Waals surface area contributed by atoms with Crippen LogP contribution in [-0.4, -0.2) is 52.1 Å². The van der Waals surface area contributed by atoms with Gasteiger partial charge in [0.25, 0.3) is 0 Å². The van der Waals surface area contributed by atoms with E-state index in [2.05, 4.69) is 6.92 Å². The number of ether oxygens (including phenoxy) is 2. The second kappa shape index (κ2) is 6.87. The fraction of sp³-hybridized carbons (Fsp3) is 0.762. The third-order valence-electron chi connectivity index (χ3n) is 7.18. The molecule has 0 spiro atoms. The third-order valence-corrected chi connectivity index (χ3v) is 8.90. The van der Waals surface area contributed by atoms with E-state index in [1.165, 1.54) is 11.3 Å². The van der Waals surface area contributed by atoms with Crippen LogP contribution in [0.15, 0.2) is 12.2 Å². The molecule has 5 rings (SSSR count). The van der Waals surface area contributed by atoms with E-state index < -0.39 is 23.1 Å². The zero-order chi connectivity index (χ0) is 19.6. The summed E-state index contributed by atoms with van der Waals surface area (Å²) in [6, 6.07) is 0. The van der Waals surface area contributed by atoms with Crippen LogP contribution in [0, 0.1) is 29.6 Å². The summed E-state index contributed by atoms with van der Waals surface area (Å²) in [5, 5.41) is -0.138. The Morgan fingerprint density at radius 1 is 1.21 bits per heavy atom. The summed E-state index contributed by atoms with van der Waals surface area (Å²) in [6.45, 7) is 4.36. The maximum atomic E-state index is 13.3. The molecule has 7 heteroatoms. The summed E-state index contributed by atoms with van der Waals surface area (Å²) >= 11 is 1.66. The van der Waals surface area contributed by atoms with Gasteiger partial charge in [-0.15, -0.1) is 11.8 Å². The second-order valence-electron chi connectivity index (χ2n) is 8.83. The van der Waals surface area contributed by atoms with E-state index in [1.54, 1.807) is 18.7 Å². The monoisotopic (exact) mass is 405 g/mol. The molecule has 0 radical (unpaired) electrons. The first-order chi connectivity index (χ1) is 13.5. The minimum atomic E-state index is -0.440. The number of hydrogen-bond acceptors (Lipinski definition) is 6. The highest BCUT2D eigenvalue weighted by molar-refractivity contribution is 8.00. The fourth-order valence-corrected chi connectivity index (χ4v) is 7.92. The number of fused-ring (bicyclic) bond motifs is 6. The van der Waals surface area contributed by atoms with Gasteiger partial charge in [-0.05, 0) is 31.6 Å². The second-order valence-corrected chi connectivity index (χ2v) is 10.2. The van der Waals surface area contributed by atoms with Crippen molar-refractivity contribution in [3.63, 3.8) is 0 Å². The Morgan fingerprint density at radius 2 is 1.89 bits per heavy atom. The number of amides is 2. The van der Waals surface area contributed by atoms with E-state index in [9.17, 15) is 14.4 Å². The van der Waals surface area contributed by atoms with Crippen molar-refractivity contribution in [2.45, 2.75) is 62.4 Å². The van der Waals surface area contributed by atoms with Crippen LogP contribution in [0.25, 0.3) is 0 Å². The summed E-state index contributed by atoms with van der Waals surface area (Å²) in [7, 11) is 0. The van der Waals surface area contributed by atoms with Gasteiger partial charge in [0.15, 0.2) is 0 Å². The van der Waals surface area contributed by atoms with E-state index in [1.807, 2.05) is 12.2 Å². The highest BCUT2D eigenvalue weighted by atomic mass is 32.2. The van der Waals surface area contributed by atoms with Crippen molar-refractivity contribution in [1.29, 1.82) is 0 Å². The van der Waals surface area contributed by atoms with Crippen LogP contribution >= 0.6 is 11.8 Å². The van der Waals surface area contributed by atoms with Crippen molar-refractivity contribution >= 4 is 29.5 Å². The van der Waals surface area contributed by atoms with Gasteiger partial charge >= 0.3 is 5.97 Å². The molecule has 4 fully saturated rings. The molecule has 5 aliphatic rings. The summed E-state index contributed by atoms with van der Waals surface area (Å²) in [6.07, 6.45) is 7.50. The molecule has 2 bridgehead atoms. The predicted octanol–water partition coefficient (Wildman–Crippen LogP) is 2.37. The number of carbonyl (C=O) groups excluding carboxylic acids is 3. The smallest absolute Gasteiger partial charge is 0.312 e. The first-order valence-corrected chi connectivity index (χ1v) is 11.5. The van der Waals surface area contributed by atoms with Crippen LogP contribution in [0.5, 0.6) is 0 Å². The van der Waals surface area contributed by atoms with Crippen LogP contribution in [0.3, 0.4) is 0 Å². The molecule has 2 amide bonds. The van der Waals surface area contributed by atoms with Crippen molar-refractivity contribution in [2.75, 3.05) is 6.61 Å². The molecule has 1 saturated carbocycles. The molecule has 4 heterocycles. The minimum Gasteiger partial charge on any atom is -0.466 e. The molecule has 0 aromatic heterocycles. The first kappa shape index (κ1) is 18.7. The lowest BCUT2D eigenvalue weighted by Gasteiger charge is -2.30. The number of hydrogen-bond donors (Lipinski definition) is 0. The van der Waals surface area contributed by atoms with Gasteiger partial charge in [-0.25, -0.2) is 0 Å². The van der Waals surface area contributed by atoms with Gasteiger partial charge in [0.2, 0.25) is 11.8 Å². The third kappa shape index (κ3) is 2.61. The van der Waals surface area contributed by atoms with Crippen molar-refractivity contribution in [3.05, 3.63) is 12.2 Å². The van der Waals surface area contributed by atoms with Gasteiger partial charge in [0, 0.05) is 5.25 Å². The Labute approximate surface area is 169 Å². The Bertz CT molecular complexity index is 708. The summed E-state index contributed by atoms with van der Waals surface area (Å²) in [5.74, 6) is -1.13. The van der Waals surface area contributed by atoms with E-state index in [4.69, 9.17) is 9.47 Å². The number of rotatable bonds is 3. The molecule has 0 N–H and O–H groups in total. The van der Waals surface area contributed by atoms with Crippen LogP contribution in [0.2, 0.25) is 0 Å². The number of carbonyl (C=O) groups is 3. The highest BCUT2D eigenvalue weighted by Gasteiger charge is 2.64. The van der Waals surface area contributed by atoms with Gasteiger partial charge in [-0.3, -0.25) is 19.3 Å². The molecular formula is C21H27NO5S. The maximum Gasteiger partial charge on any atom is 0.312 e. The van der Waals surface area contributed by atoms with E-state index >= 15 is 0 Å². The predicted molar refractivity (Wildman–Crippen MR) is 103 cm³/mol. The Kier molecular flexibility index (Phi) is 4.58. The molecule has 9 atom stereocenters. The summed E-state index contributed by atoms with van der Waals surface area (Å²) in [4.78, 5) is 40.9. The van der Waals surface area contributed by atoms with Crippen LogP contribution in [0.4, 0.5) is 0 Å². The van der Waals surface area contributed by atoms with Crippen LogP contribution < -0.4 is 0 Å². The first-order valence-electron chi connectivity index (χ1n) is 10.5. The summed E-state index contributed by atoms with van der Waals surface area (Å²) < 4.78 is 11.2. The average Bonchev–Trinajstić information content (AvgIpc) is 3.37. The normalized spacial score (nSPS) is 46.6. The number of nitrogens with zero attached hydrogens (tertiary/aromatic N) is 1. The quantitative estimate of drug-likeness (QED) is 0.408. The Balaban J connectivity index is 1.47. The van der Waals surface area contributed by atoms with E-state index in [-0.39, 0.29) is 35.9 Å². The van der Waals surface area contributed by atoms with Crippen molar-refractivity contribution in [1.82, 2.24) is 4.90 Å². The number of thioether (sulfide) groups is 1. The zero-order valence-electron chi connectivity index (χ0n) is 16.3. The van der Waals surface area contributed by atoms with Crippen molar-refractivity contribution in [2.24, 2.45) is 29.6 Å². The standard InChI is InChI=1S/C21H27NO5S/c1-3-26-21(25)15-11-9-10(2)5-4-6-14(11)28-20(15)22-18(23)16-12-7-8-13(27-12)17(16)19(22)24/h7-8,10-17,20H,3-6,9H2,1-2H3/t10-,11?,12?,13?,14?,15?,16?,17?,20?/m1/s1. The lowest BCUT2D eigenvalue weighted by atomic mass is 9.83. The Hall–Kier alpha value is -1.34. The highest BCUT2D eigenvalue weighted by Crippen LogP contribution is 2.55. The molecule has 8 unspecified atom stereocenters. The lowest BCUT2D eigenvalue weighted by molar-refractivity contribution is -0.154. The molecule has 6 nitrogen and oxygen atoms in total. The largest absolute Gasteiger partial charge is 0.466 e. The summed E-state index contributed by atoms with van der Waals surface area (Å²) in [5.41, 5.74) is 0. The number of likely N-dealkylation sites (tertiary alicyclic amines) is 1. The molecule has 28 heavy (non-hydrogen) atoms. The van der Waals surface area contributed by atoms with Crippen LogP contribution in [-0.2, 0) is 23.9 Å². The van der Waals surface area contributed by atoms with Gasteiger partial charge in [-0.2, -0.15) is 0 Å². The molecule has 0 aromatic rings. The molecular weight excluding hydrogens is 378 g/mol. The topological polar surface area (TPSA) is 72.9 Å². The molecule has 3 saturated heterocycles. The minimum absolute atomic E-state index is 0.164. The number of esters is 1. The Morgan fingerprint density at radius 3 is 2.54 bits per heavy atom. The van der Waals surface area contributed by atoms with E-state index in [0.29, 0.717) is 17.8 Å². The lowest BCUT2D eigenvalue weighted by Crippen LogP contribution is -2.46. The fourth-order valence-electron chi connectivity index (χ4n) is 5.97. The zero-order valence-corrected chi connectivity index (χ0v) is 17.1. The average molecular weight is 406 g/mol. The SMILES string of the molecule is CCOC(=O)C1C2C[C@H](C)CCCC2SC1N1C(=O)C2C3C=CC(O3)C2C1=O. The molecule has 0 aromatic carbocycles. The van der Waals surface area contributed by atoms with Gasteiger partial charge in [-0.1, -0.05) is 31.9 Å². The van der Waals surface area contributed by atoms with Crippen LogP contribution in [0.1, 0.15) is 39.5 Å². The van der Waals surface area contributed by atoms with Crippen molar-refractivity contribution in [3.8, 4) is 0 Å². The molecule has 152 valence electrons. The molecule has 4 aliphatic heterocycles.